The third kappa shape index (κ3) is 2.73. The zero-order valence-electron chi connectivity index (χ0n) is 9.15. The highest BCUT2D eigenvalue weighted by Gasteiger charge is 2.07. The second-order valence-electron chi connectivity index (χ2n) is 3.52. The van der Waals surface area contributed by atoms with E-state index in [0.717, 1.165) is 15.8 Å². The second-order valence-corrected chi connectivity index (χ2v) is 4.84. The number of methoxy groups -OCH3 is 1. The van der Waals surface area contributed by atoms with E-state index in [4.69, 9.17) is 22.1 Å². The van der Waals surface area contributed by atoms with Crippen molar-refractivity contribution in [3.05, 3.63) is 39.5 Å². The Kier molecular flexibility index (Phi) is 3.59. The molecule has 17 heavy (non-hydrogen) atoms. The maximum atomic E-state index is 5.85. The van der Waals surface area contributed by atoms with Crippen LogP contribution in [0.3, 0.4) is 0 Å². The van der Waals surface area contributed by atoms with Gasteiger partial charge >= 0.3 is 0 Å². The molecular formula is C11H11BrClN3O. The third-order valence-corrected chi connectivity index (χ3v) is 3.10. The number of rotatable bonds is 3. The van der Waals surface area contributed by atoms with Crippen molar-refractivity contribution in [2.75, 3.05) is 12.8 Å². The van der Waals surface area contributed by atoms with E-state index in [0.29, 0.717) is 17.4 Å². The van der Waals surface area contributed by atoms with Crippen LogP contribution in [0.1, 0.15) is 5.56 Å². The lowest BCUT2D eigenvalue weighted by atomic mass is 10.2. The van der Waals surface area contributed by atoms with Gasteiger partial charge in [-0.15, -0.1) is 0 Å². The largest absolute Gasteiger partial charge is 0.496 e. The molecule has 0 amide bonds. The number of hydrogen-bond acceptors (Lipinski definition) is 3. The van der Waals surface area contributed by atoms with Gasteiger partial charge in [0.1, 0.15) is 10.8 Å². The number of ether oxygens (including phenoxy) is 1. The van der Waals surface area contributed by atoms with Crippen LogP contribution in [0.2, 0.25) is 5.02 Å². The molecule has 1 aromatic heterocycles. The molecule has 1 heterocycles. The molecule has 2 N–H and O–H groups in total. The fourth-order valence-electron chi connectivity index (χ4n) is 1.54. The molecule has 0 aliphatic rings. The molecule has 1 aromatic carbocycles. The first-order valence-electron chi connectivity index (χ1n) is 4.91. The standard InChI is InChI=1S/C11H11BrClN3O/c1-17-10-3-2-8(12)4-7(10)5-16-6-9(13)11(14)15-16/h2-4,6H,5H2,1H3,(H2,14,15). The zero-order chi connectivity index (χ0) is 12.4. The molecular weight excluding hydrogens is 305 g/mol. The number of benzene rings is 1. The van der Waals surface area contributed by atoms with Crippen molar-refractivity contribution in [2.24, 2.45) is 0 Å². The Hall–Kier alpha value is -1.20. The minimum Gasteiger partial charge on any atom is -0.496 e. The highest BCUT2D eigenvalue weighted by atomic mass is 79.9. The molecule has 0 unspecified atom stereocenters. The van der Waals surface area contributed by atoms with Gasteiger partial charge in [0.15, 0.2) is 5.82 Å². The lowest BCUT2D eigenvalue weighted by Crippen LogP contribution is -2.03. The molecule has 4 nitrogen and oxygen atoms in total. The van der Waals surface area contributed by atoms with Crippen LogP contribution in [0.25, 0.3) is 0 Å². The summed E-state index contributed by atoms with van der Waals surface area (Å²) in [6.45, 7) is 0.555. The molecule has 0 atom stereocenters. The summed E-state index contributed by atoms with van der Waals surface area (Å²) in [6, 6.07) is 5.80. The lowest BCUT2D eigenvalue weighted by Gasteiger charge is -2.08. The van der Waals surface area contributed by atoms with Gasteiger partial charge in [-0.3, -0.25) is 4.68 Å². The van der Waals surface area contributed by atoms with Gasteiger partial charge in [-0.1, -0.05) is 27.5 Å². The molecule has 0 aliphatic heterocycles. The molecule has 0 spiro atoms. The van der Waals surface area contributed by atoms with Crippen LogP contribution in [0.5, 0.6) is 5.75 Å². The smallest absolute Gasteiger partial charge is 0.164 e. The van der Waals surface area contributed by atoms with E-state index >= 15 is 0 Å². The molecule has 6 heteroatoms. The quantitative estimate of drug-likeness (QED) is 0.947. The molecule has 0 aliphatic carbocycles. The SMILES string of the molecule is COc1ccc(Br)cc1Cn1cc(Cl)c(N)n1. The number of hydrogen-bond donors (Lipinski definition) is 1. The maximum Gasteiger partial charge on any atom is 0.164 e. The molecule has 0 saturated heterocycles. The van der Waals surface area contributed by atoms with Crippen molar-refractivity contribution in [2.45, 2.75) is 6.54 Å². The Labute approximate surface area is 112 Å². The summed E-state index contributed by atoms with van der Waals surface area (Å²) >= 11 is 9.27. The number of aromatic nitrogens is 2. The van der Waals surface area contributed by atoms with Gasteiger partial charge in [-0.25, -0.2) is 0 Å². The van der Waals surface area contributed by atoms with Crippen LogP contribution in [0.15, 0.2) is 28.9 Å². The van der Waals surface area contributed by atoms with Crippen LogP contribution in [0.4, 0.5) is 5.82 Å². The third-order valence-electron chi connectivity index (χ3n) is 2.32. The number of nitrogens with zero attached hydrogens (tertiary/aromatic N) is 2. The van der Waals surface area contributed by atoms with Gasteiger partial charge in [-0.2, -0.15) is 5.10 Å². The van der Waals surface area contributed by atoms with E-state index in [1.807, 2.05) is 18.2 Å². The van der Waals surface area contributed by atoms with E-state index in [1.165, 1.54) is 0 Å². The predicted octanol–water partition coefficient (Wildman–Crippen LogP) is 2.94. The van der Waals surface area contributed by atoms with Crippen molar-refractivity contribution >= 4 is 33.3 Å². The van der Waals surface area contributed by atoms with Crippen molar-refractivity contribution in [3.63, 3.8) is 0 Å². The van der Waals surface area contributed by atoms with Gasteiger partial charge in [-0.05, 0) is 18.2 Å². The van der Waals surface area contributed by atoms with E-state index < -0.39 is 0 Å². The second kappa shape index (κ2) is 4.98. The van der Waals surface area contributed by atoms with Crippen LogP contribution in [-0.4, -0.2) is 16.9 Å². The predicted molar refractivity (Wildman–Crippen MR) is 71.4 cm³/mol. The van der Waals surface area contributed by atoms with Crippen LogP contribution >= 0.6 is 27.5 Å². The fraction of sp³-hybridized carbons (Fsp3) is 0.182. The monoisotopic (exact) mass is 315 g/mol. The summed E-state index contributed by atoms with van der Waals surface area (Å²) in [6.07, 6.45) is 1.69. The zero-order valence-corrected chi connectivity index (χ0v) is 11.5. The summed E-state index contributed by atoms with van der Waals surface area (Å²) in [7, 11) is 1.64. The van der Waals surface area contributed by atoms with Gasteiger partial charge < -0.3 is 10.5 Å². The number of anilines is 1. The highest BCUT2D eigenvalue weighted by molar-refractivity contribution is 9.10. The summed E-state index contributed by atoms with van der Waals surface area (Å²) in [4.78, 5) is 0. The van der Waals surface area contributed by atoms with Crippen LogP contribution in [0, 0.1) is 0 Å². The minimum absolute atomic E-state index is 0.334. The Morgan fingerprint density at radius 1 is 1.53 bits per heavy atom. The molecule has 0 radical (unpaired) electrons. The van der Waals surface area contributed by atoms with Crippen molar-refractivity contribution in [1.82, 2.24) is 9.78 Å². The van der Waals surface area contributed by atoms with Crippen molar-refractivity contribution in [1.29, 1.82) is 0 Å². The molecule has 0 fully saturated rings. The van der Waals surface area contributed by atoms with E-state index in [-0.39, 0.29) is 0 Å². The average molecular weight is 317 g/mol. The Balaban J connectivity index is 2.31. The number of halogens is 2. The van der Waals surface area contributed by atoms with E-state index in [1.54, 1.807) is 18.0 Å². The van der Waals surface area contributed by atoms with Crippen molar-refractivity contribution < 1.29 is 4.74 Å². The van der Waals surface area contributed by atoms with Gasteiger partial charge in [0.05, 0.1) is 13.7 Å². The maximum absolute atomic E-state index is 5.85. The van der Waals surface area contributed by atoms with Crippen LogP contribution in [-0.2, 0) is 6.54 Å². The summed E-state index contributed by atoms with van der Waals surface area (Å²) in [5, 5.41) is 4.56. The number of nitrogen functional groups attached to an aromatic ring is 1. The average Bonchev–Trinajstić information content (AvgIpc) is 2.58. The summed E-state index contributed by atoms with van der Waals surface area (Å²) in [5.74, 6) is 1.14. The highest BCUT2D eigenvalue weighted by Crippen LogP contribution is 2.24. The van der Waals surface area contributed by atoms with Gasteiger partial charge in [0, 0.05) is 16.2 Å². The first kappa shape index (κ1) is 12.3. The first-order valence-corrected chi connectivity index (χ1v) is 6.08. The Morgan fingerprint density at radius 3 is 2.88 bits per heavy atom. The molecule has 2 aromatic rings. The fourth-order valence-corrected chi connectivity index (χ4v) is 2.10. The Morgan fingerprint density at radius 2 is 2.29 bits per heavy atom. The van der Waals surface area contributed by atoms with Crippen LogP contribution < -0.4 is 10.5 Å². The molecule has 2 rings (SSSR count). The summed E-state index contributed by atoms with van der Waals surface area (Å²) < 4.78 is 7.95. The molecule has 0 saturated carbocycles. The van der Waals surface area contributed by atoms with Crippen molar-refractivity contribution in [3.8, 4) is 5.75 Å². The van der Waals surface area contributed by atoms with Gasteiger partial charge in [0.25, 0.3) is 0 Å². The normalized spacial score (nSPS) is 10.5. The lowest BCUT2D eigenvalue weighted by molar-refractivity contribution is 0.407. The Bertz CT molecular complexity index is 522. The number of nitrogens with two attached hydrogens (primary N) is 1. The van der Waals surface area contributed by atoms with E-state index in [9.17, 15) is 0 Å². The first-order chi connectivity index (χ1) is 8.10. The van der Waals surface area contributed by atoms with Gasteiger partial charge in [0.2, 0.25) is 0 Å². The molecule has 0 bridgehead atoms. The summed E-state index contributed by atoms with van der Waals surface area (Å²) in [5.41, 5.74) is 6.59. The molecule has 90 valence electrons. The topological polar surface area (TPSA) is 53.1 Å². The van der Waals surface area contributed by atoms with E-state index in [2.05, 4.69) is 21.0 Å². The minimum atomic E-state index is 0.334.